The Kier molecular flexibility index (Phi) is 5.44. The molecule has 4 nitrogen and oxygen atoms in total. The van der Waals surface area contributed by atoms with Crippen LogP contribution in [0, 0.1) is 17.6 Å². The largest absolute Gasteiger partial charge is 0.481 e. The third-order valence-corrected chi connectivity index (χ3v) is 3.24. The molecule has 0 spiro atoms. The van der Waals surface area contributed by atoms with E-state index in [1.807, 2.05) is 0 Å². The van der Waals surface area contributed by atoms with Crippen LogP contribution in [0.4, 0.5) is 8.78 Å². The fraction of sp³-hybridized carbons (Fsp3) is 0.385. The SMILES string of the molecule is Cl.O=C(O)C1CCN(C(=O)Cc2cc(F)ccc2F)C1. The minimum Gasteiger partial charge on any atom is -0.481 e. The van der Waals surface area contributed by atoms with E-state index in [9.17, 15) is 18.4 Å². The third kappa shape index (κ3) is 3.66. The molecule has 1 aliphatic rings. The van der Waals surface area contributed by atoms with E-state index in [0.29, 0.717) is 13.0 Å². The van der Waals surface area contributed by atoms with E-state index in [1.54, 1.807) is 0 Å². The van der Waals surface area contributed by atoms with E-state index in [1.165, 1.54) is 4.90 Å². The minimum atomic E-state index is -0.938. The fourth-order valence-electron chi connectivity index (χ4n) is 2.14. The van der Waals surface area contributed by atoms with Gasteiger partial charge in [-0.05, 0) is 24.6 Å². The second kappa shape index (κ2) is 6.65. The second-order valence-electron chi connectivity index (χ2n) is 4.58. The standard InChI is InChI=1S/C13H13F2NO3.ClH/c14-10-1-2-11(15)9(5-10)6-12(17)16-4-3-8(7-16)13(18)19;/h1-2,5,8H,3-4,6-7H2,(H,18,19);1H. The molecular weight excluding hydrogens is 292 g/mol. The first-order valence-electron chi connectivity index (χ1n) is 5.92. The van der Waals surface area contributed by atoms with Crippen LogP contribution >= 0.6 is 12.4 Å². The van der Waals surface area contributed by atoms with Gasteiger partial charge in [-0.15, -0.1) is 12.4 Å². The van der Waals surface area contributed by atoms with Gasteiger partial charge in [0, 0.05) is 18.7 Å². The summed E-state index contributed by atoms with van der Waals surface area (Å²) in [6.07, 6.45) is 0.142. The van der Waals surface area contributed by atoms with Gasteiger partial charge < -0.3 is 10.0 Å². The average Bonchev–Trinajstić information content (AvgIpc) is 2.83. The molecule has 1 aromatic carbocycles. The summed E-state index contributed by atoms with van der Waals surface area (Å²) in [6.45, 7) is 0.470. The fourth-order valence-corrected chi connectivity index (χ4v) is 2.14. The lowest BCUT2D eigenvalue weighted by atomic mass is 10.1. The maximum atomic E-state index is 13.4. The van der Waals surface area contributed by atoms with Gasteiger partial charge in [-0.2, -0.15) is 0 Å². The highest BCUT2D eigenvalue weighted by atomic mass is 35.5. The molecule has 0 aliphatic carbocycles. The lowest BCUT2D eigenvalue weighted by molar-refractivity contribution is -0.141. The Hall–Kier alpha value is -1.69. The number of likely N-dealkylation sites (tertiary alicyclic amines) is 1. The summed E-state index contributed by atoms with van der Waals surface area (Å²) in [5, 5.41) is 8.84. The monoisotopic (exact) mass is 305 g/mol. The molecule has 110 valence electrons. The topological polar surface area (TPSA) is 57.6 Å². The molecule has 2 rings (SSSR count). The molecule has 1 unspecified atom stereocenters. The molecule has 7 heteroatoms. The summed E-state index contributed by atoms with van der Waals surface area (Å²) in [5.41, 5.74) is -0.0104. The van der Waals surface area contributed by atoms with Crippen molar-refractivity contribution in [2.75, 3.05) is 13.1 Å². The predicted molar refractivity (Wildman–Crippen MR) is 69.6 cm³/mol. The zero-order valence-corrected chi connectivity index (χ0v) is 11.3. The van der Waals surface area contributed by atoms with Gasteiger partial charge in [-0.1, -0.05) is 0 Å². The van der Waals surface area contributed by atoms with E-state index >= 15 is 0 Å². The van der Waals surface area contributed by atoms with Crippen LogP contribution in [-0.4, -0.2) is 35.0 Å². The molecule has 0 aromatic heterocycles. The second-order valence-corrected chi connectivity index (χ2v) is 4.58. The number of carboxylic acids is 1. The summed E-state index contributed by atoms with van der Waals surface area (Å²) in [5.74, 6) is -3.13. The van der Waals surface area contributed by atoms with E-state index < -0.39 is 23.5 Å². The molecular formula is C13H14ClF2NO3. The maximum absolute atomic E-state index is 13.4. The van der Waals surface area contributed by atoms with E-state index in [0.717, 1.165) is 18.2 Å². The molecule has 1 heterocycles. The maximum Gasteiger partial charge on any atom is 0.308 e. The van der Waals surface area contributed by atoms with Gasteiger partial charge in [0.1, 0.15) is 11.6 Å². The molecule has 1 saturated heterocycles. The molecule has 0 radical (unpaired) electrons. The molecule has 1 aromatic rings. The van der Waals surface area contributed by atoms with Crippen molar-refractivity contribution in [2.24, 2.45) is 5.92 Å². The summed E-state index contributed by atoms with van der Waals surface area (Å²) in [6, 6.07) is 2.94. The highest BCUT2D eigenvalue weighted by Gasteiger charge is 2.30. The van der Waals surface area contributed by atoms with Crippen molar-refractivity contribution in [3.63, 3.8) is 0 Å². The van der Waals surface area contributed by atoms with Gasteiger partial charge in [0.15, 0.2) is 0 Å². The normalized spacial score (nSPS) is 17.7. The van der Waals surface area contributed by atoms with Crippen LogP contribution in [0.3, 0.4) is 0 Å². The Bertz CT molecular complexity index is 524. The summed E-state index contributed by atoms with van der Waals surface area (Å²) < 4.78 is 26.4. The Morgan fingerprint density at radius 2 is 2.05 bits per heavy atom. The number of hydrogen-bond donors (Lipinski definition) is 1. The number of carbonyl (C=O) groups is 2. The lowest BCUT2D eigenvalue weighted by Gasteiger charge is -2.16. The van der Waals surface area contributed by atoms with Gasteiger partial charge in [0.05, 0.1) is 12.3 Å². The predicted octanol–water partition coefficient (Wildman–Crippen LogP) is 1.86. The van der Waals surface area contributed by atoms with E-state index in [2.05, 4.69) is 0 Å². The number of benzene rings is 1. The molecule has 1 fully saturated rings. The Balaban J connectivity index is 0.00000200. The van der Waals surface area contributed by atoms with E-state index in [-0.39, 0.29) is 36.8 Å². The van der Waals surface area contributed by atoms with Crippen LogP contribution < -0.4 is 0 Å². The zero-order valence-electron chi connectivity index (χ0n) is 10.5. The van der Waals surface area contributed by atoms with Crippen LogP contribution in [0.2, 0.25) is 0 Å². The quantitative estimate of drug-likeness (QED) is 0.927. The smallest absolute Gasteiger partial charge is 0.308 e. The number of hydrogen-bond acceptors (Lipinski definition) is 2. The van der Waals surface area contributed by atoms with Gasteiger partial charge >= 0.3 is 5.97 Å². The zero-order chi connectivity index (χ0) is 14.0. The Labute approximate surface area is 120 Å². The van der Waals surface area contributed by atoms with Crippen molar-refractivity contribution in [1.29, 1.82) is 0 Å². The minimum absolute atomic E-state index is 0. The number of halogens is 3. The number of amides is 1. The molecule has 0 bridgehead atoms. The Morgan fingerprint density at radius 3 is 2.65 bits per heavy atom. The van der Waals surface area contributed by atoms with Crippen molar-refractivity contribution < 1.29 is 23.5 Å². The number of aliphatic carboxylic acids is 1. The molecule has 1 amide bonds. The molecule has 1 atom stereocenters. The highest BCUT2D eigenvalue weighted by molar-refractivity contribution is 5.85. The Morgan fingerprint density at radius 1 is 1.35 bits per heavy atom. The lowest BCUT2D eigenvalue weighted by Crippen LogP contribution is -2.31. The van der Waals surface area contributed by atoms with Gasteiger partial charge in [0.25, 0.3) is 0 Å². The number of nitrogens with zero attached hydrogens (tertiary/aromatic N) is 1. The highest BCUT2D eigenvalue weighted by Crippen LogP contribution is 2.18. The number of carboxylic acid groups (broad SMARTS) is 1. The first-order chi connectivity index (χ1) is 8.97. The van der Waals surface area contributed by atoms with Gasteiger partial charge in [0.2, 0.25) is 5.91 Å². The average molecular weight is 306 g/mol. The van der Waals surface area contributed by atoms with Crippen LogP contribution in [0.25, 0.3) is 0 Å². The van der Waals surface area contributed by atoms with Crippen LogP contribution in [-0.2, 0) is 16.0 Å². The summed E-state index contributed by atoms with van der Waals surface area (Å²) in [7, 11) is 0. The summed E-state index contributed by atoms with van der Waals surface area (Å²) >= 11 is 0. The van der Waals surface area contributed by atoms with Crippen LogP contribution in [0.5, 0.6) is 0 Å². The third-order valence-electron chi connectivity index (χ3n) is 3.24. The van der Waals surface area contributed by atoms with Crippen molar-refractivity contribution in [2.45, 2.75) is 12.8 Å². The number of rotatable bonds is 3. The number of carbonyl (C=O) groups excluding carboxylic acids is 1. The van der Waals surface area contributed by atoms with Gasteiger partial charge in [-0.25, -0.2) is 8.78 Å². The first kappa shape index (κ1) is 16.4. The first-order valence-corrected chi connectivity index (χ1v) is 5.92. The van der Waals surface area contributed by atoms with Crippen LogP contribution in [0.15, 0.2) is 18.2 Å². The molecule has 20 heavy (non-hydrogen) atoms. The molecule has 0 saturated carbocycles. The van der Waals surface area contributed by atoms with Crippen molar-refractivity contribution in [3.8, 4) is 0 Å². The van der Waals surface area contributed by atoms with Crippen LogP contribution in [0.1, 0.15) is 12.0 Å². The van der Waals surface area contributed by atoms with Gasteiger partial charge in [-0.3, -0.25) is 9.59 Å². The molecule has 1 aliphatic heterocycles. The van der Waals surface area contributed by atoms with Crippen molar-refractivity contribution in [1.82, 2.24) is 4.90 Å². The van der Waals surface area contributed by atoms with E-state index in [4.69, 9.17) is 5.11 Å². The summed E-state index contributed by atoms with van der Waals surface area (Å²) in [4.78, 5) is 24.0. The molecule has 1 N–H and O–H groups in total. The van der Waals surface area contributed by atoms with Crippen molar-refractivity contribution in [3.05, 3.63) is 35.4 Å². The van der Waals surface area contributed by atoms with Crippen molar-refractivity contribution >= 4 is 24.3 Å².